The van der Waals surface area contributed by atoms with Crippen molar-refractivity contribution in [2.45, 2.75) is 13.0 Å². The van der Waals surface area contributed by atoms with Crippen molar-refractivity contribution >= 4 is 17.3 Å². The highest BCUT2D eigenvalue weighted by atomic mass is 16.5. The van der Waals surface area contributed by atoms with Gasteiger partial charge in [0.2, 0.25) is 0 Å². The van der Waals surface area contributed by atoms with E-state index in [9.17, 15) is 4.79 Å². The summed E-state index contributed by atoms with van der Waals surface area (Å²) < 4.78 is 11.2. The summed E-state index contributed by atoms with van der Waals surface area (Å²) in [6.07, 6.45) is -0.147. The van der Waals surface area contributed by atoms with E-state index in [-0.39, 0.29) is 18.6 Å². The normalized spacial score (nSPS) is 14.6. The monoisotopic (exact) mass is 284 g/mol. The average molecular weight is 284 g/mol. The third-order valence-corrected chi connectivity index (χ3v) is 3.32. The number of rotatable bonds is 3. The van der Waals surface area contributed by atoms with Gasteiger partial charge in [-0.05, 0) is 12.5 Å². The summed E-state index contributed by atoms with van der Waals surface area (Å²) >= 11 is 0. The van der Waals surface area contributed by atoms with Gasteiger partial charge in [-0.25, -0.2) is 0 Å². The van der Waals surface area contributed by atoms with Crippen LogP contribution in [0, 0.1) is 0 Å². The molecule has 1 aliphatic heterocycles. The Balaban J connectivity index is 1.86. The number of nitrogens with one attached hydrogen (secondary N) is 1. The predicted octanol–water partition coefficient (Wildman–Crippen LogP) is 2.74. The molecule has 0 aromatic heterocycles. The number of nitrogens with two attached hydrogens (primary N) is 1. The second-order valence-electron chi connectivity index (χ2n) is 4.89. The first-order valence-electron chi connectivity index (χ1n) is 6.71. The van der Waals surface area contributed by atoms with Crippen molar-refractivity contribution in [3.05, 3.63) is 48.0 Å². The molecule has 1 atom stereocenters. The van der Waals surface area contributed by atoms with Crippen LogP contribution in [0.3, 0.4) is 0 Å². The number of ether oxygens (including phenoxy) is 2. The minimum atomic E-state index is -0.186. The van der Waals surface area contributed by atoms with E-state index in [4.69, 9.17) is 15.2 Å². The van der Waals surface area contributed by atoms with Crippen LogP contribution < -0.4 is 20.5 Å². The molecule has 1 heterocycles. The van der Waals surface area contributed by atoms with Gasteiger partial charge in [0.05, 0.1) is 11.4 Å². The Morgan fingerprint density at radius 2 is 2.05 bits per heavy atom. The predicted molar refractivity (Wildman–Crippen MR) is 80.5 cm³/mol. The smallest absolute Gasteiger partial charge is 0.262 e. The highest BCUT2D eigenvalue weighted by Gasteiger charge is 2.19. The Labute approximate surface area is 122 Å². The molecule has 5 nitrogen and oxygen atoms in total. The molecule has 0 saturated heterocycles. The minimum Gasteiger partial charge on any atom is -0.484 e. The molecule has 0 bridgehead atoms. The van der Waals surface area contributed by atoms with Gasteiger partial charge in [0.25, 0.3) is 5.91 Å². The average Bonchev–Trinajstić information content (AvgIpc) is 2.49. The van der Waals surface area contributed by atoms with Gasteiger partial charge in [-0.2, -0.15) is 0 Å². The summed E-state index contributed by atoms with van der Waals surface area (Å²) in [5.41, 5.74) is 8.10. The lowest BCUT2D eigenvalue weighted by Gasteiger charge is -2.22. The Morgan fingerprint density at radius 3 is 2.81 bits per heavy atom. The second-order valence-corrected chi connectivity index (χ2v) is 4.89. The largest absolute Gasteiger partial charge is 0.484 e. The van der Waals surface area contributed by atoms with Gasteiger partial charge < -0.3 is 20.5 Å². The van der Waals surface area contributed by atoms with Crippen LogP contribution in [-0.4, -0.2) is 12.5 Å². The highest BCUT2D eigenvalue weighted by Crippen LogP contribution is 2.38. The lowest BCUT2D eigenvalue weighted by atomic mass is 10.1. The van der Waals surface area contributed by atoms with Crippen LogP contribution >= 0.6 is 0 Å². The molecule has 0 radical (unpaired) electrons. The first kappa shape index (κ1) is 13.3. The summed E-state index contributed by atoms with van der Waals surface area (Å²) in [7, 11) is 0. The Bertz CT molecular complexity index is 671. The Morgan fingerprint density at radius 1 is 1.29 bits per heavy atom. The first-order valence-corrected chi connectivity index (χ1v) is 6.71. The van der Waals surface area contributed by atoms with E-state index < -0.39 is 0 Å². The summed E-state index contributed by atoms with van der Waals surface area (Å²) in [5.74, 6) is 0.900. The molecule has 3 rings (SSSR count). The zero-order chi connectivity index (χ0) is 14.8. The lowest BCUT2D eigenvalue weighted by molar-refractivity contribution is -0.118. The van der Waals surface area contributed by atoms with Crippen molar-refractivity contribution < 1.29 is 14.3 Å². The van der Waals surface area contributed by atoms with Crippen molar-refractivity contribution in [2.24, 2.45) is 0 Å². The maximum absolute atomic E-state index is 11.4. The molecule has 3 N–H and O–H groups in total. The van der Waals surface area contributed by atoms with E-state index in [0.717, 1.165) is 5.56 Å². The fourth-order valence-electron chi connectivity index (χ4n) is 2.21. The van der Waals surface area contributed by atoms with E-state index in [1.807, 2.05) is 37.3 Å². The van der Waals surface area contributed by atoms with Gasteiger partial charge in [0.1, 0.15) is 17.6 Å². The van der Waals surface area contributed by atoms with Crippen molar-refractivity contribution in [3.8, 4) is 11.5 Å². The molecular weight excluding hydrogens is 268 g/mol. The summed E-state index contributed by atoms with van der Waals surface area (Å²) in [5, 5.41) is 2.74. The number of carbonyl (C=O) groups excluding carboxylic acids is 1. The van der Waals surface area contributed by atoms with Gasteiger partial charge in [-0.15, -0.1) is 0 Å². The van der Waals surface area contributed by atoms with E-state index in [1.165, 1.54) is 0 Å². The number of benzene rings is 2. The molecule has 0 fully saturated rings. The van der Waals surface area contributed by atoms with Crippen LogP contribution in [-0.2, 0) is 4.79 Å². The number of anilines is 2. The number of nitrogen functional groups attached to an aromatic ring is 1. The van der Waals surface area contributed by atoms with Crippen molar-refractivity contribution in [2.75, 3.05) is 17.7 Å². The molecular formula is C16H16N2O3. The van der Waals surface area contributed by atoms with E-state index in [2.05, 4.69) is 5.32 Å². The molecule has 21 heavy (non-hydrogen) atoms. The number of hydrogen-bond acceptors (Lipinski definition) is 4. The molecule has 2 aromatic carbocycles. The summed E-state index contributed by atoms with van der Waals surface area (Å²) in [6, 6.07) is 13.2. The van der Waals surface area contributed by atoms with Crippen LogP contribution in [0.2, 0.25) is 0 Å². The molecule has 0 aliphatic carbocycles. The third kappa shape index (κ3) is 2.76. The lowest BCUT2D eigenvalue weighted by Crippen LogP contribution is -2.25. The van der Waals surface area contributed by atoms with Gasteiger partial charge in [-0.1, -0.05) is 30.3 Å². The molecule has 2 aromatic rings. The molecule has 1 unspecified atom stereocenters. The van der Waals surface area contributed by atoms with Crippen LogP contribution in [0.5, 0.6) is 11.5 Å². The summed E-state index contributed by atoms with van der Waals surface area (Å²) in [4.78, 5) is 11.4. The van der Waals surface area contributed by atoms with Gasteiger partial charge in [-0.3, -0.25) is 4.79 Å². The number of hydrogen-bond donors (Lipinski definition) is 2. The molecule has 1 amide bonds. The molecule has 5 heteroatoms. The van der Waals surface area contributed by atoms with Gasteiger partial charge in [0.15, 0.2) is 6.61 Å². The zero-order valence-electron chi connectivity index (χ0n) is 11.6. The molecule has 1 aliphatic rings. The Kier molecular flexibility index (Phi) is 3.39. The molecule has 108 valence electrons. The van der Waals surface area contributed by atoms with Crippen LogP contribution in [0.4, 0.5) is 11.4 Å². The van der Waals surface area contributed by atoms with Crippen molar-refractivity contribution in [1.82, 2.24) is 0 Å². The van der Waals surface area contributed by atoms with E-state index >= 15 is 0 Å². The van der Waals surface area contributed by atoms with Crippen molar-refractivity contribution in [3.63, 3.8) is 0 Å². The maximum atomic E-state index is 11.4. The number of fused-ring (bicyclic) bond motifs is 1. The minimum absolute atomic E-state index is 0.00701. The van der Waals surface area contributed by atoms with E-state index in [1.54, 1.807) is 12.1 Å². The maximum Gasteiger partial charge on any atom is 0.262 e. The first-order chi connectivity index (χ1) is 10.1. The third-order valence-electron chi connectivity index (χ3n) is 3.32. The fourth-order valence-corrected chi connectivity index (χ4v) is 2.21. The standard InChI is InChI=1S/C16H16N2O3/c1-10(11-5-3-2-4-6-11)21-14-8-13-15(7-12(14)17)20-9-16(19)18-13/h2-8,10H,9,17H2,1H3,(H,18,19). The molecule has 0 saturated carbocycles. The quantitative estimate of drug-likeness (QED) is 0.850. The van der Waals surface area contributed by atoms with Crippen LogP contribution in [0.1, 0.15) is 18.6 Å². The SMILES string of the molecule is CC(Oc1cc2c(cc1N)OCC(=O)N2)c1ccccc1. The van der Waals surface area contributed by atoms with Crippen LogP contribution in [0.15, 0.2) is 42.5 Å². The van der Waals surface area contributed by atoms with Gasteiger partial charge in [0, 0.05) is 12.1 Å². The number of amides is 1. The fraction of sp³-hybridized carbons (Fsp3) is 0.188. The van der Waals surface area contributed by atoms with Gasteiger partial charge >= 0.3 is 0 Å². The molecule has 0 spiro atoms. The van der Waals surface area contributed by atoms with Crippen molar-refractivity contribution in [1.29, 1.82) is 0 Å². The second kappa shape index (κ2) is 5.36. The van der Waals surface area contributed by atoms with E-state index in [0.29, 0.717) is 22.9 Å². The highest BCUT2D eigenvalue weighted by molar-refractivity contribution is 5.96. The number of carbonyl (C=O) groups is 1. The Hall–Kier alpha value is -2.69. The zero-order valence-corrected chi connectivity index (χ0v) is 11.6. The topological polar surface area (TPSA) is 73.6 Å². The summed E-state index contributed by atoms with van der Waals surface area (Å²) in [6.45, 7) is 1.95. The van der Waals surface area contributed by atoms with Crippen LogP contribution in [0.25, 0.3) is 0 Å².